The van der Waals surface area contributed by atoms with Crippen molar-refractivity contribution in [2.75, 3.05) is 18.5 Å². The lowest BCUT2D eigenvalue weighted by Gasteiger charge is -2.26. The summed E-state index contributed by atoms with van der Waals surface area (Å²) < 4.78 is 5.25. The molecule has 0 spiro atoms. The predicted molar refractivity (Wildman–Crippen MR) is 80.1 cm³/mol. The molecule has 21 heavy (non-hydrogen) atoms. The predicted octanol–water partition coefficient (Wildman–Crippen LogP) is 1.13. The Hall–Kier alpha value is -1.63. The van der Waals surface area contributed by atoms with E-state index in [-0.39, 0.29) is 22.4 Å². The second-order valence-electron chi connectivity index (χ2n) is 5.02. The van der Waals surface area contributed by atoms with Crippen LogP contribution in [-0.4, -0.2) is 31.1 Å². The number of hydrogen-bond acceptors (Lipinski definition) is 4. The molecule has 2 amide bonds. The van der Waals surface area contributed by atoms with Crippen LogP contribution in [0.3, 0.4) is 0 Å². The second-order valence-corrected chi connectivity index (χ2v) is 5.43. The topological polar surface area (TPSA) is 107 Å². The third kappa shape index (κ3) is 3.93. The van der Waals surface area contributed by atoms with Crippen molar-refractivity contribution in [1.82, 2.24) is 0 Å². The first-order chi connectivity index (χ1) is 9.99. The van der Waals surface area contributed by atoms with E-state index in [1.54, 1.807) is 6.07 Å². The first-order valence-corrected chi connectivity index (χ1v) is 7.10. The van der Waals surface area contributed by atoms with Crippen LogP contribution in [0.1, 0.15) is 23.2 Å². The van der Waals surface area contributed by atoms with Gasteiger partial charge in [0.05, 0.1) is 16.6 Å². The number of carbonyl (C=O) groups excluding carboxylic acids is 2. The van der Waals surface area contributed by atoms with Crippen molar-refractivity contribution in [2.45, 2.75) is 18.9 Å². The van der Waals surface area contributed by atoms with Gasteiger partial charge in [0.25, 0.3) is 0 Å². The molecular formula is C14H18ClN3O3. The second kappa shape index (κ2) is 6.89. The summed E-state index contributed by atoms with van der Waals surface area (Å²) in [6.07, 6.45) is 1.55. The minimum Gasteiger partial charge on any atom is -0.381 e. The molecule has 0 saturated carbocycles. The van der Waals surface area contributed by atoms with E-state index in [1.165, 1.54) is 12.1 Å². The van der Waals surface area contributed by atoms with Crippen molar-refractivity contribution in [3.05, 3.63) is 28.8 Å². The number of nitrogens with one attached hydrogen (secondary N) is 1. The Morgan fingerprint density at radius 3 is 2.57 bits per heavy atom. The minimum absolute atomic E-state index is 0.110. The van der Waals surface area contributed by atoms with Gasteiger partial charge < -0.3 is 21.5 Å². The van der Waals surface area contributed by atoms with Crippen molar-refractivity contribution in [2.24, 2.45) is 17.4 Å². The van der Waals surface area contributed by atoms with Gasteiger partial charge >= 0.3 is 0 Å². The smallest absolute Gasteiger partial charge is 0.250 e. The highest BCUT2D eigenvalue weighted by Gasteiger charge is 2.26. The molecule has 0 radical (unpaired) electrons. The maximum Gasteiger partial charge on any atom is 0.250 e. The zero-order chi connectivity index (χ0) is 15.4. The van der Waals surface area contributed by atoms with Crippen LogP contribution in [0, 0.1) is 5.92 Å². The van der Waals surface area contributed by atoms with Crippen LogP contribution in [0.2, 0.25) is 5.02 Å². The Morgan fingerprint density at radius 1 is 1.33 bits per heavy atom. The van der Waals surface area contributed by atoms with E-state index in [2.05, 4.69) is 5.32 Å². The monoisotopic (exact) mass is 311 g/mol. The summed E-state index contributed by atoms with van der Waals surface area (Å²) in [7, 11) is 0. The van der Waals surface area contributed by atoms with Gasteiger partial charge in [-0.1, -0.05) is 11.6 Å². The third-order valence-electron chi connectivity index (χ3n) is 3.58. The fourth-order valence-electron chi connectivity index (χ4n) is 2.31. The number of primary amides is 1. The molecule has 1 saturated heterocycles. The summed E-state index contributed by atoms with van der Waals surface area (Å²) >= 11 is 5.94. The Balaban J connectivity index is 2.01. The van der Waals surface area contributed by atoms with Crippen molar-refractivity contribution in [3.63, 3.8) is 0 Å². The summed E-state index contributed by atoms with van der Waals surface area (Å²) in [4.78, 5) is 23.2. The quantitative estimate of drug-likeness (QED) is 0.774. The number of hydrogen-bond donors (Lipinski definition) is 3. The molecule has 7 heteroatoms. The number of ether oxygens (including phenoxy) is 1. The van der Waals surface area contributed by atoms with Crippen molar-refractivity contribution in [1.29, 1.82) is 0 Å². The molecule has 1 unspecified atom stereocenters. The van der Waals surface area contributed by atoms with E-state index >= 15 is 0 Å². The molecule has 1 aliphatic rings. The largest absolute Gasteiger partial charge is 0.381 e. The maximum absolute atomic E-state index is 12.1. The lowest BCUT2D eigenvalue weighted by Crippen LogP contribution is -2.44. The van der Waals surface area contributed by atoms with Gasteiger partial charge in [-0.15, -0.1) is 0 Å². The van der Waals surface area contributed by atoms with E-state index in [0.717, 1.165) is 12.8 Å². The summed E-state index contributed by atoms with van der Waals surface area (Å²) in [5.41, 5.74) is 11.8. The SMILES string of the molecule is NC(=O)c1ccc(NC(=O)C(N)C2CCOCC2)cc1Cl. The molecule has 1 aromatic carbocycles. The van der Waals surface area contributed by atoms with Crippen LogP contribution in [0.5, 0.6) is 0 Å². The molecule has 1 heterocycles. The lowest BCUT2D eigenvalue weighted by atomic mass is 9.92. The molecule has 2 rings (SSSR count). The molecule has 1 aromatic rings. The summed E-state index contributed by atoms with van der Waals surface area (Å²) in [5.74, 6) is -0.777. The molecule has 1 fully saturated rings. The van der Waals surface area contributed by atoms with Crippen LogP contribution in [-0.2, 0) is 9.53 Å². The Labute approximate surface area is 127 Å². The Morgan fingerprint density at radius 2 is 2.00 bits per heavy atom. The van der Waals surface area contributed by atoms with E-state index in [0.29, 0.717) is 18.9 Å². The fourth-order valence-corrected chi connectivity index (χ4v) is 2.58. The maximum atomic E-state index is 12.1. The lowest BCUT2D eigenvalue weighted by molar-refractivity contribution is -0.119. The van der Waals surface area contributed by atoms with E-state index in [4.69, 9.17) is 27.8 Å². The fraction of sp³-hybridized carbons (Fsp3) is 0.429. The number of anilines is 1. The normalized spacial score (nSPS) is 17.2. The molecule has 0 aromatic heterocycles. The average molecular weight is 312 g/mol. The zero-order valence-electron chi connectivity index (χ0n) is 11.5. The summed E-state index contributed by atoms with van der Waals surface area (Å²) in [6, 6.07) is 3.93. The van der Waals surface area contributed by atoms with Gasteiger partial charge in [-0.3, -0.25) is 9.59 Å². The average Bonchev–Trinajstić information content (AvgIpc) is 2.47. The van der Waals surface area contributed by atoms with Gasteiger partial charge in [-0.05, 0) is 37.0 Å². The number of amides is 2. The molecule has 0 aliphatic carbocycles. The highest BCUT2D eigenvalue weighted by Crippen LogP contribution is 2.22. The van der Waals surface area contributed by atoms with E-state index in [1.807, 2.05) is 0 Å². The molecule has 5 N–H and O–H groups in total. The van der Waals surface area contributed by atoms with Gasteiger partial charge in [0.2, 0.25) is 11.8 Å². The molecule has 0 bridgehead atoms. The Kier molecular flexibility index (Phi) is 5.17. The van der Waals surface area contributed by atoms with Crippen molar-refractivity contribution < 1.29 is 14.3 Å². The highest BCUT2D eigenvalue weighted by atomic mass is 35.5. The van der Waals surface area contributed by atoms with E-state index in [9.17, 15) is 9.59 Å². The number of nitrogens with two attached hydrogens (primary N) is 2. The molecular weight excluding hydrogens is 294 g/mol. The molecule has 1 aliphatic heterocycles. The van der Waals surface area contributed by atoms with Crippen LogP contribution in [0.25, 0.3) is 0 Å². The Bertz CT molecular complexity index is 544. The van der Waals surface area contributed by atoms with Gasteiger partial charge in [0.1, 0.15) is 0 Å². The highest BCUT2D eigenvalue weighted by molar-refractivity contribution is 6.34. The third-order valence-corrected chi connectivity index (χ3v) is 3.89. The standard InChI is InChI=1S/C14H18ClN3O3/c15-11-7-9(1-2-10(11)13(17)19)18-14(20)12(16)8-3-5-21-6-4-8/h1-2,7-8,12H,3-6,16H2,(H2,17,19)(H,18,20). The van der Waals surface area contributed by atoms with E-state index < -0.39 is 11.9 Å². The summed E-state index contributed by atoms with van der Waals surface area (Å²) in [5, 5.41) is 2.90. The molecule has 6 nitrogen and oxygen atoms in total. The van der Waals surface area contributed by atoms with Crippen LogP contribution in [0.4, 0.5) is 5.69 Å². The molecule has 114 valence electrons. The summed E-state index contributed by atoms with van der Waals surface area (Å²) in [6.45, 7) is 1.26. The van der Waals surface area contributed by atoms with Crippen molar-refractivity contribution in [3.8, 4) is 0 Å². The van der Waals surface area contributed by atoms with Gasteiger partial charge in [-0.2, -0.15) is 0 Å². The van der Waals surface area contributed by atoms with Crippen molar-refractivity contribution >= 4 is 29.1 Å². The first kappa shape index (κ1) is 15.8. The van der Waals surface area contributed by atoms with Crippen LogP contribution >= 0.6 is 11.6 Å². The van der Waals surface area contributed by atoms with Gasteiger partial charge in [0, 0.05) is 18.9 Å². The first-order valence-electron chi connectivity index (χ1n) is 6.72. The number of carbonyl (C=O) groups is 2. The molecule has 1 atom stereocenters. The van der Waals surface area contributed by atoms with Gasteiger partial charge in [0.15, 0.2) is 0 Å². The van der Waals surface area contributed by atoms with Crippen LogP contribution in [0.15, 0.2) is 18.2 Å². The number of halogens is 1. The van der Waals surface area contributed by atoms with Crippen LogP contribution < -0.4 is 16.8 Å². The minimum atomic E-state index is -0.614. The number of rotatable bonds is 4. The zero-order valence-corrected chi connectivity index (χ0v) is 12.2. The van der Waals surface area contributed by atoms with Gasteiger partial charge in [-0.25, -0.2) is 0 Å². The number of benzene rings is 1.